The highest BCUT2D eigenvalue weighted by molar-refractivity contribution is 5.95. The molecule has 0 aliphatic rings. The van der Waals surface area contributed by atoms with Gasteiger partial charge >= 0.3 is 0 Å². The van der Waals surface area contributed by atoms with E-state index in [-0.39, 0.29) is 6.54 Å². The van der Waals surface area contributed by atoms with Crippen LogP contribution < -0.4 is 9.47 Å². The lowest BCUT2D eigenvalue weighted by Gasteiger charge is -2.10. The molecule has 27 heavy (non-hydrogen) atoms. The maximum Gasteiger partial charge on any atom is 0.120 e. The van der Waals surface area contributed by atoms with Crippen molar-refractivity contribution in [1.82, 2.24) is 4.57 Å². The molecule has 0 N–H and O–H groups in total. The van der Waals surface area contributed by atoms with Crippen molar-refractivity contribution in [3.05, 3.63) is 58.5 Å². The van der Waals surface area contributed by atoms with Crippen LogP contribution in [-0.4, -0.2) is 24.8 Å². The van der Waals surface area contributed by atoms with Gasteiger partial charge in [-0.25, -0.2) is 0 Å². The zero-order chi connectivity index (χ0) is 19.2. The summed E-state index contributed by atoms with van der Waals surface area (Å²) in [6.07, 6.45) is 0. The van der Waals surface area contributed by atoms with Gasteiger partial charge in [0, 0.05) is 22.9 Å². The van der Waals surface area contributed by atoms with Crippen molar-refractivity contribution in [1.29, 1.82) is 5.26 Å². The van der Waals surface area contributed by atoms with Crippen molar-refractivity contribution in [3.8, 4) is 28.8 Å². The average Bonchev–Trinajstić information content (AvgIpc) is 3.04. The third kappa shape index (κ3) is 3.52. The third-order valence-electron chi connectivity index (χ3n) is 4.35. The number of ether oxygens (including phenoxy) is 2. The summed E-state index contributed by atoms with van der Waals surface area (Å²) >= 11 is 0. The highest BCUT2D eigenvalue weighted by atomic mass is 16.5. The number of aryl methyl sites for hydroxylation is 1. The number of nitrogens with zero attached hydrogens (tertiary/aromatic N) is 5. The molecule has 0 unspecified atom stereocenters. The number of hydrogen-bond acceptors (Lipinski definition) is 4. The Morgan fingerprint density at radius 2 is 1.93 bits per heavy atom. The van der Waals surface area contributed by atoms with E-state index >= 15 is 0 Å². The Morgan fingerprint density at radius 1 is 1.19 bits per heavy atom. The number of benzene rings is 2. The van der Waals surface area contributed by atoms with E-state index in [1.165, 1.54) is 0 Å². The predicted octanol–water partition coefficient (Wildman–Crippen LogP) is 4.90. The zero-order valence-electron chi connectivity index (χ0n) is 15.2. The van der Waals surface area contributed by atoms with E-state index in [0.29, 0.717) is 17.9 Å². The Labute approximate surface area is 157 Å². The van der Waals surface area contributed by atoms with Crippen LogP contribution in [0.4, 0.5) is 0 Å². The van der Waals surface area contributed by atoms with Crippen molar-refractivity contribution in [3.63, 3.8) is 0 Å². The van der Waals surface area contributed by atoms with Crippen LogP contribution in [0.1, 0.15) is 12.5 Å². The van der Waals surface area contributed by atoms with Gasteiger partial charge in [0.1, 0.15) is 17.6 Å². The van der Waals surface area contributed by atoms with Crippen molar-refractivity contribution in [2.45, 2.75) is 13.5 Å². The average molecular weight is 361 g/mol. The lowest BCUT2D eigenvalue weighted by atomic mass is 10.1. The minimum Gasteiger partial charge on any atom is -0.497 e. The van der Waals surface area contributed by atoms with Gasteiger partial charge in [0.25, 0.3) is 0 Å². The topological polar surface area (TPSA) is 95.9 Å². The fourth-order valence-corrected chi connectivity index (χ4v) is 3.16. The largest absolute Gasteiger partial charge is 0.497 e. The van der Waals surface area contributed by atoms with E-state index in [0.717, 1.165) is 34.5 Å². The molecule has 0 aliphatic heterocycles. The van der Waals surface area contributed by atoms with Gasteiger partial charge in [0.2, 0.25) is 0 Å². The highest BCUT2D eigenvalue weighted by Crippen LogP contribution is 2.35. The van der Waals surface area contributed by atoms with Crippen LogP contribution in [0.3, 0.4) is 0 Å². The molecule has 0 spiro atoms. The molecular weight excluding hydrogens is 342 g/mol. The van der Waals surface area contributed by atoms with E-state index in [1.54, 1.807) is 7.11 Å². The van der Waals surface area contributed by atoms with E-state index in [2.05, 4.69) is 27.6 Å². The molecule has 2 aromatic carbocycles. The Bertz CT molecular complexity index is 1040. The van der Waals surface area contributed by atoms with Crippen molar-refractivity contribution < 1.29 is 9.47 Å². The molecule has 136 valence electrons. The molecule has 3 aromatic rings. The minimum atomic E-state index is 0.280. The number of rotatable bonds is 7. The molecule has 7 nitrogen and oxygen atoms in total. The minimum absolute atomic E-state index is 0.280. The molecular formula is C20H19N5O2. The van der Waals surface area contributed by atoms with Gasteiger partial charge in [-0.05, 0) is 54.4 Å². The van der Waals surface area contributed by atoms with E-state index < -0.39 is 0 Å². The maximum atomic E-state index is 9.78. The maximum absolute atomic E-state index is 9.78. The van der Waals surface area contributed by atoms with Gasteiger partial charge < -0.3 is 14.0 Å². The number of fused-ring (bicyclic) bond motifs is 1. The summed E-state index contributed by atoms with van der Waals surface area (Å²) in [7, 11) is 1.63. The molecule has 0 fully saturated rings. The smallest absolute Gasteiger partial charge is 0.120 e. The number of methoxy groups -OCH3 is 1. The Hall–Kier alpha value is -3.62. The van der Waals surface area contributed by atoms with Gasteiger partial charge in [-0.2, -0.15) is 5.26 Å². The summed E-state index contributed by atoms with van der Waals surface area (Å²) in [5.74, 6) is 1.45. The van der Waals surface area contributed by atoms with Crippen LogP contribution in [-0.2, 0) is 6.54 Å². The van der Waals surface area contributed by atoms with Crippen LogP contribution >= 0.6 is 0 Å². The molecule has 0 saturated carbocycles. The third-order valence-corrected chi connectivity index (χ3v) is 4.35. The normalized spacial score (nSPS) is 10.3. The van der Waals surface area contributed by atoms with Crippen LogP contribution in [0.15, 0.2) is 47.6 Å². The van der Waals surface area contributed by atoms with Gasteiger partial charge in [0.05, 0.1) is 37.0 Å². The van der Waals surface area contributed by atoms with E-state index in [4.69, 9.17) is 15.0 Å². The molecule has 0 atom stereocenters. The fourth-order valence-electron chi connectivity index (χ4n) is 3.16. The first-order valence-electron chi connectivity index (χ1n) is 8.57. The van der Waals surface area contributed by atoms with Crippen molar-refractivity contribution in [2.75, 3.05) is 20.3 Å². The fraction of sp³-hybridized carbons (Fsp3) is 0.250. The monoisotopic (exact) mass is 361 g/mol. The second kappa shape index (κ2) is 8.17. The number of azide groups is 1. The lowest BCUT2D eigenvalue weighted by Crippen LogP contribution is -2.00. The Morgan fingerprint density at radius 3 is 2.56 bits per heavy atom. The molecule has 1 heterocycles. The molecule has 0 amide bonds. The first-order valence-corrected chi connectivity index (χ1v) is 8.57. The van der Waals surface area contributed by atoms with E-state index in [1.807, 2.05) is 42.5 Å². The van der Waals surface area contributed by atoms with Crippen LogP contribution in [0.25, 0.3) is 32.6 Å². The quantitative estimate of drug-likeness (QED) is 0.259. The summed E-state index contributed by atoms with van der Waals surface area (Å²) in [5, 5.41) is 14.1. The second-order valence-corrected chi connectivity index (χ2v) is 5.79. The summed E-state index contributed by atoms with van der Waals surface area (Å²) in [5.41, 5.74) is 11.7. The summed E-state index contributed by atoms with van der Waals surface area (Å²) < 4.78 is 13.0. The second-order valence-electron chi connectivity index (χ2n) is 5.79. The zero-order valence-corrected chi connectivity index (χ0v) is 15.2. The van der Waals surface area contributed by atoms with Crippen LogP contribution in [0, 0.1) is 11.3 Å². The van der Waals surface area contributed by atoms with Crippen LogP contribution in [0.2, 0.25) is 0 Å². The van der Waals surface area contributed by atoms with Gasteiger partial charge in [-0.3, -0.25) is 0 Å². The highest BCUT2D eigenvalue weighted by Gasteiger charge is 2.18. The van der Waals surface area contributed by atoms with Crippen molar-refractivity contribution in [2.24, 2.45) is 5.11 Å². The Balaban J connectivity index is 2.03. The molecule has 1 aromatic heterocycles. The van der Waals surface area contributed by atoms with Crippen LogP contribution in [0.5, 0.6) is 11.5 Å². The molecule has 0 bridgehead atoms. The predicted molar refractivity (Wildman–Crippen MR) is 104 cm³/mol. The first kappa shape index (κ1) is 18.2. The van der Waals surface area contributed by atoms with Gasteiger partial charge in [0.15, 0.2) is 0 Å². The molecule has 3 rings (SSSR count). The first-order chi connectivity index (χ1) is 13.2. The van der Waals surface area contributed by atoms with Gasteiger partial charge in [-0.1, -0.05) is 5.11 Å². The molecule has 0 aliphatic carbocycles. The van der Waals surface area contributed by atoms with Crippen molar-refractivity contribution >= 4 is 10.9 Å². The summed E-state index contributed by atoms with van der Waals surface area (Å²) in [6.45, 7) is 3.38. The standard InChI is InChI=1S/C20H19N5O2/c1-3-25-19-12-16(26-2)8-9-17(19)18(13-21)20(25)14-4-6-15(7-5-14)27-11-10-23-24-22/h4-9,12H,3,10-11H2,1-2H3. The Kier molecular flexibility index (Phi) is 5.50. The number of hydrogen-bond donors (Lipinski definition) is 0. The summed E-state index contributed by atoms with van der Waals surface area (Å²) in [6, 6.07) is 15.7. The lowest BCUT2D eigenvalue weighted by molar-refractivity contribution is 0.328. The van der Waals surface area contributed by atoms with Gasteiger partial charge in [-0.15, -0.1) is 0 Å². The molecule has 0 saturated heterocycles. The van der Waals surface area contributed by atoms with E-state index in [9.17, 15) is 5.26 Å². The number of nitriles is 1. The number of aromatic nitrogens is 1. The summed E-state index contributed by atoms with van der Waals surface area (Å²) in [4.78, 5) is 2.69. The molecule has 0 radical (unpaired) electrons. The SMILES string of the molecule is CCn1c(-c2ccc(OCCN=[N+]=[N-])cc2)c(C#N)c2ccc(OC)cc21. The molecule has 7 heteroatoms.